The van der Waals surface area contributed by atoms with Gasteiger partial charge in [-0.15, -0.1) is 0 Å². The van der Waals surface area contributed by atoms with Crippen molar-refractivity contribution in [2.75, 3.05) is 11.5 Å². The number of nitrogens with zero attached hydrogens (tertiary/aromatic N) is 2. The van der Waals surface area contributed by atoms with E-state index in [2.05, 4.69) is 6.92 Å². The molecular weight excluding hydrogens is 484 g/mol. The molecule has 4 aromatic rings. The zero-order valence-corrected chi connectivity index (χ0v) is 22.1. The quantitative estimate of drug-likeness (QED) is 0.181. The molecule has 0 aliphatic carbocycles. The number of Topliss-reactive ketones (excluding diaryl/α,β-unsaturated/α-hetero) is 1. The van der Waals surface area contributed by atoms with Crippen LogP contribution in [-0.4, -0.2) is 28.4 Å². The number of benzene rings is 3. The highest BCUT2D eigenvalue weighted by molar-refractivity contribution is 7.22. The lowest BCUT2D eigenvalue weighted by Crippen LogP contribution is -2.29. The Labute approximate surface area is 219 Å². The number of aromatic nitrogens is 1. The van der Waals surface area contributed by atoms with E-state index in [1.54, 1.807) is 24.3 Å². The van der Waals surface area contributed by atoms with Crippen LogP contribution in [0.2, 0.25) is 0 Å². The molecule has 6 nitrogen and oxygen atoms in total. The fraction of sp³-hybridized carbons (Fsp3) is 0.233. The number of carbonyl (C=O) groups excluding carboxylic acids is 2. The van der Waals surface area contributed by atoms with Crippen molar-refractivity contribution in [1.29, 1.82) is 0 Å². The first-order chi connectivity index (χ1) is 17.8. The third-order valence-corrected chi connectivity index (χ3v) is 7.59. The lowest BCUT2D eigenvalue weighted by atomic mass is 9.94. The maximum absolute atomic E-state index is 13.5. The van der Waals surface area contributed by atoms with E-state index in [0.29, 0.717) is 23.1 Å². The number of aryl methyl sites for hydroxylation is 3. The maximum atomic E-state index is 13.5. The van der Waals surface area contributed by atoms with E-state index >= 15 is 0 Å². The summed E-state index contributed by atoms with van der Waals surface area (Å²) in [7, 11) is 0. The molecule has 1 amide bonds. The molecule has 0 radical (unpaired) electrons. The summed E-state index contributed by atoms with van der Waals surface area (Å²) in [6.45, 7) is 8.41. The number of aliphatic hydroxyl groups is 1. The molecule has 5 rings (SSSR count). The highest BCUT2D eigenvalue weighted by Crippen LogP contribution is 2.45. The number of hydrogen-bond acceptors (Lipinski definition) is 6. The summed E-state index contributed by atoms with van der Waals surface area (Å²) in [5, 5.41) is 11.9. The van der Waals surface area contributed by atoms with Crippen LogP contribution in [0.4, 0.5) is 5.13 Å². The van der Waals surface area contributed by atoms with Gasteiger partial charge in [-0.2, -0.15) is 0 Å². The summed E-state index contributed by atoms with van der Waals surface area (Å²) >= 11 is 1.37. The van der Waals surface area contributed by atoms with Gasteiger partial charge in [0.05, 0.1) is 28.4 Å². The lowest BCUT2D eigenvalue weighted by Gasteiger charge is -2.23. The molecule has 0 bridgehead atoms. The molecule has 3 aromatic carbocycles. The predicted molar refractivity (Wildman–Crippen MR) is 147 cm³/mol. The van der Waals surface area contributed by atoms with E-state index in [0.717, 1.165) is 38.9 Å². The van der Waals surface area contributed by atoms with Crippen LogP contribution in [0.1, 0.15) is 47.7 Å². The molecule has 1 unspecified atom stereocenters. The Morgan fingerprint density at radius 3 is 2.51 bits per heavy atom. The zero-order valence-electron chi connectivity index (χ0n) is 21.2. The number of aliphatic hydroxyl groups excluding tert-OH is 1. The minimum atomic E-state index is -0.816. The Bertz CT molecular complexity index is 1550. The number of rotatable bonds is 6. The number of amides is 1. The summed E-state index contributed by atoms with van der Waals surface area (Å²) in [6, 6.07) is 18.0. The van der Waals surface area contributed by atoms with Crippen LogP contribution < -0.4 is 9.64 Å². The highest BCUT2D eigenvalue weighted by Gasteiger charge is 2.48. The molecule has 1 atom stereocenters. The number of carbonyl (C=O) groups is 2. The third-order valence-electron chi connectivity index (χ3n) is 6.59. The number of fused-ring (bicyclic) bond motifs is 1. The first-order valence-electron chi connectivity index (χ1n) is 12.3. The average molecular weight is 513 g/mol. The Morgan fingerprint density at radius 1 is 1.05 bits per heavy atom. The predicted octanol–water partition coefficient (Wildman–Crippen LogP) is 6.50. The number of ether oxygens (including phenoxy) is 1. The van der Waals surface area contributed by atoms with Gasteiger partial charge in [0.1, 0.15) is 11.5 Å². The molecule has 0 saturated carbocycles. The Morgan fingerprint density at radius 2 is 1.81 bits per heavy atom. The van der Waals surface area contributed by atoms with Gasteiger partial charge in [-0.05, 0) is 67.6 Å². The fourth-order valence-corrected chi connectivity index (χ4v) is 5.97. The van der Waals surface area contributed by atoms with Crippen molar-refractivity contribution < 1.29 is 19.4 Å². The maximum Gasteiger partial charge on any atom is 0.301 e. The topological polar surface area (TPSA) is 79.7 Å². The van der Waals surface area contributed by atoms with Gasteiger partial charge < -0.3 is 9.84 Å². The first kappa shape index (κ1) is 24.7. The number of anilines is 1. The molecule has 2 heterocycles. The molecule has 0 spiro atoms. The van der Waals surface area contributed by atoms with Gasteiger partial charge in [-0.3, -0.25) is 14.5 Å². The lowest BCUT2D eigenvalue weighted by molar-refractivity contribution is -0.132. The average Bonchev–Trinajstić information content (AvgIpc) is 3.42. The number of ketones is 1. The molecule has 7 heteroatoms. The van der Waals surface area contributed by atoms with Crippen molar-refractivity contribution in [3.8, 4) is 5.75 Å². The van der Waals surface area contributed by atoms with Gasteiger partial charge >= 0.3 is 5.91 Å². The smallest absolute Gasteiger partial charge is 0.301 e. The SMILES string of the molecule is CCOc1cccc(/C(O)=C2\C(=O)C(=O)N(c3nc4c(C)cc(C)cc4s3)C2c2ccc(CC)cc2)c1. The van der Waals surface area contributed by atoms with E-state index in [4.69, 9.17) is 9.72 Å². The van der Waals surface area contributed by atoms with E-state index in [9.17, 15) is 14.7 Å². The van der Waals surface area contributed by atoms with Gasteiger partial charge in [0, 0.05) is 5.56 Å². The molecule has 37 heavy (non-hydrogen) atoms. The van der Waals surface area contributed by atoms with Gasteiger partial charge in [-0.1, -0.05) is 60.7 Å². The van der Waals surface area contributed by atoms with Crippen molar-refractivity contribution in [1.82, 2.24) is 4.98 Å². The molecule has 1 aliphatic heterocycles. The first-order valence-corrected chi connectivity index (χ1v) is 13.1. The molecule has 1 aliphatic rings. The molecule has 1 fully saturated rings. The Balaban J connectivity index is 1.72. The molecule has 1 aromatic heterocycles. The molecule has 188 valence electrons. The van der Waals surface area contributed by atoms with Crippen molar-refractivity contribution in [2.24, 2.45) is 0 Å². The van der Waals surface area contributed by atoms with Gasteiger partial charge in [0.25, 0.3) is 5.78 Å². The largest absolute Gasteiger partial charge is 0.507 e. The van der Waals surface area contributed by atoms with Gasteiger partial charge in [0.2, 0.25) is 0 Å². The van der Waals surface area contributed by atoms with Crippen LogP contribution in [0.15, 0.2) is 66.2 Å². The summed E-state index contributed by atoms with van der Waals surface area (Å²) < 4.78 is 6.53. The number of thiazole rings is 1. The van der Waals surface area contributed by atoms with Gasteiger partial charge in [-0.25, -0.2) is 4.98 Å². The van der Waals surface area contributed by atoms with Crippen LogP contribution in [-0.2, 0) is 16.0 Å². The van der Waals surface area contributed by atoms with E-state index < -0.39 is 17.7 Å². The fourth-order valence-electron chi connectivity index (χ4n) is 4.80. The minimum absolute atomic E-state index is 0.0371. The van der Waals surface area contributed by atoms with Crippen LogP contribution in [0.3, 0.4) is 0 Å². The van der Waals surface area contributed by atoms with Crippen LogP contribution in [0.5, 0.6) is 5.75 Å². The summed E-state index contributed by atoms with van der Waals surface area (Å²) in [4.78, 5) is 33.2. The van der Waals surface area contributed by atoms with Crippen LogP contribution in [0.25, 0.3) is 16.0 Å². The van der Waals surface area contributed by atoms with Gasteiger partial charge in [0.15, 0.2) is 5.13 Å². The monoisotopic (exact) mass is 512 g/mol. The summed E-state index contributed by atoms with van der Waals surface area (Å²) in [5.74, 6) is -1.11. The van der Waals surface area contributed by atoms with E-state index in [-0.39, 0.29) is 11.3 Å². The zero-order chi connectivity index (χ0) is 26.3. The van der Waals surface area contributed by atoms with Crippen molar-refractivity contribution in [3.63, 3.8) is 0 Å². The second-order valence-corrected chi connectivity index (χ2v) is 10.2. The normalized spacial score (nSPS) is 17.1. The van der Waals surface area contributed by atoms with E-state index in [1.807, 2.05) is 57.2 Å². The Kier molecular flexibility index (Phi) is 6.56. The van der Waals surface area contributed by atoms with Crippen LogP contribution in [0, 0.1) is 13.8 Å². The summed E-state index contributed by atoms with van der Waals surface area (Å²) in [6.07, 6.45) is 0.862. The molecular formula is C30H28N2O4S. The molecule has 1 saturated heterocycles. The van der Waals surface area contributed by atoms with Crippen molar-refractivity contribution in [3.05, 3.63) is 94.1 Å². The summed E-state index contributed by atoms with van der Waals surface area (Å²) in [5.41, 5.74) is 5.22. The highest BCUT2D eigenvalue weighted by atomic mass is 32.1. The Hall–Kier alpha value is -3.97. The number of hydrogen-bond donors (Lipinski definition) is 1. The van der Waals surface area contributed by atoms with E-state index in [1.165, 1.54) is 16.2 Å². The van der Waals surface area contributed by atoms with Crippen LogP contribution >= 0.6 is 11.3 Å². The molecule has 1 N–H and O–H groups in total. The second-order valence-electron chi connectivity index (χ2n) is 9.15. The second kappa shape index (κ2) is 9.82. The third kappa shape index (κ3) is 4.40. The van der Waals surface area contributed by atoms with Crippen molar-refractivity contribution >= 4 is 44.1 Å². The standard InChI is InChI=1S/C30H28N2O4S/c1-5-19-10-12-20(13-11-19)26-24(27(33)21-8-7-9-22(16-21)36-6-2)28(34)29(35)32(26)30-31-25-18(4)14-17(3)15-23(25)37-30/h7-16,26,33H,5-6H2,1-4H3/b27-24+. The minimum Gasteiger partial charge on any atom is -0.507 e. The van der Waals surface area contributed by atoms with Crippen molar-refractivity contribution in [2.45, 2.75) is 40.2 Å².